The van der Waals surface area contributed by atoms with Crippen LogP contribution in [0, 0.1) is 6.92 Å². The average molecular weight is 466 g/mol. The van der Waals surface area contributed by atoms with Gasteiger partial charge in [-0.2, -0.15) is 0 Å². The predicted molar refractivity (Wildman–Crippen MR) is 105 cm³/mol. The van der Waals surface area contributed by atoms with Gasteiger partial charge in [-0.15, -0.1) is 11.3 Å². The Morgan fingerprint density at radius 3 is 2.60 bits per heavy atom. The number of thiophene rings is 1. The van der Waals surface area contributed by atoms with Gasteiger partial charge in [0, 0.05) is 9.90 Å². The molecule has 0 spiro atoms. The summed E-state index contributed by atoms with van der Waals surface area (Å²) in [6.07, 6.45) is 0.653. The third-order valence-corrected chi connectivity index (χ3v) is 5.52. The number of hydrogen-bond donors (Lipinski definition) is 2. The van der Waals surface area contributed by atoms with Crippen LogP contribution in [0.15, 0.2) is 16.6 Å². The largest absolute Gasteiger partial charge is 0.481 e. The monoisotopic (exact) mass is 464 g/mol. The topological polar surface area (TPSA) is 81.4 Å². The molecule has 1 heterocycles. The lowest BCUT2D eigenvalue weighted by atomic mass is 10.1. The Morgan fingerprint density at radius 1 is 1.36 bits per heavy atom. The van der Waals surface area contributed by atoms with E-state index in [1.807, 2.05) is 13.8 Å². The number of carbonyl (C=O) groups is 2. The molecule has 0 unspecified atom stereocenters. The molecular weight excluding hydrogens is 451 g/mol. The van der Waals surface area contributed by atoms with Gasteiger partial charge in [-0.3, -0.25) is 9.59 Å². The molecule has 2 aromatic rings. The zero-order valence-electron chi connectivity index (χ0n) is 13.4. The number of carbonyl (C=O) groups excluding carboxylic acids is 2. The lowest BCUT2D eigenvalue weighted by Gasteiger charge is -2.11. The van der Waals surface area contributed by atoms with Crippen molar-refractivity contribution in [3.63, 3.8) is 0 Å². The zero-order chi connectivity index (χ0) is 18.7. The van der Waals surface area contributed by atoms with Crippen molar-refractivity contribution in [2.45, 2.75) is 20.3 Å². The number of halogens is 3. The Kier molecular flexibility index (Phi) is 6.73. The van der Waals surface area contributed by atoms with E-state index >= 15 is 0 Å². The van der Waals surface area contributed by atoms with Gasteiger partial charge in [-0.25, -0.2) is 0 Å². The number of aryl methyl sites for hydroxylation is 1. The van der Waals surface area contributed by atoms with E-state index in [4.69, 9.17) is 33.7 Å². The normalized spacial score (nSPS) is 10.6. The smallest absolute Gasteiger partial charge is 0.262 e. The predicted octanol–water partition coefficient (Wildman–Crippen LogP) is 4.80. The number of amides is 2. The van der Waals surface area contributed by atoms with Crippen LogP contribution in [-0.4, -0.2) is 18.4 Å². The minimum absolute atomic E-state index is 0.281. The van der Waals surface area contributed by atoms with Gasteiger partial charge < -0.3 is 15.8 Å². The molecule has 134 valence electrons. The first-order valence-corrected chi connectivity index (χ1v) is 9.60. The van der Waals surface area contributed by atoms with Gasteiger partial charge in [-0.05, 0) is 47.0 Å². The fraction of sp³-hybridized carbons (Fsp3) is 0.250. The van der Waals surface area contributed by atoms with E-state index in [0.29, 0.717) is 32.2 Å². The highest BCUT2D eigenvalue weighted by molar-refractivity contribution is 9.10. The molecule has 0 aliphatic rings. The summed E-state index contributed by atoms with van der Waals surface area (Å²) in [5.74, 6) is -0.682. The second kappa shape index (κ2) is 8.40. The van der Waals surface area contributed by atoms with Crippen molar-refractivity contribution in [1.82, 2.24) is 0 Å². The van der Waals surface area contributed by atoms with Gasteiger partial charge in [-0.1, -0.05) is 30.1 Å². The van der Waals surface area contributed by atoms with Crippen LogP contribution in [0.5, 0.6) is 5.75 Å². The molecule has 25 heavy (non-hydrogen) atoms. The fourth-order valence-electron chi connectivity index (χ4n) is 2.32. The molecule has 0 radical (unpaired) electrons. The van der Waals surface area contributed by atoms with Gasteiger partial charge in [0.15, 0.2) is 12.4 Å². The SMILES string of the molecule is CCc1c(C)sc(NC(=O)COc2c(Cl)cc(Cl)cc2Br)c1C(N)=O. The molecular formula is C16H15BrCl2N2O3S. The van der Waals surface area contributed by atoms with Crippen molar-refractivity contribution in [2.75, 3.05) is 11.9 Å². The Morgan fingerprint density at radius 2 is 2.04 bits per heavy atom. The molecule has 0 atom stereocenters. The second-order valence-electron chi connectivity index (χ2n) is 5.09. The minimum atomic E-state index is -0.569. The summed E-state index contributed by atoms with van der Waals surface area (Å²) in [5, 5.41) is 3.83. The van der Waals surface area contributed by atoms with E-state index in [2.05, 4.69) is 21.2 Å². The molecule has 0 saturated heterocycles. The quantitative estimate of drug-likeness (QED) is 0.642. The first-order chi connectivity index (χ1) is 11.7. The van der Waals surface area contributed by atoms with Crippen LogP contribution in [0.2, 0.25) is 10.0 Å². The molecule has 2 rings (SSSR count). The first-order valence-electron chi connectivity index (χ1n) is 7.23. The lowest BCUT2D eigenvalue weighted by molar-refractivity contribution is -0.118. The first kappa shape index (κ1) is 20.0. The fourth-order valence-corrected chi connectivity index (χ4v) is 4.86. The van der Waals surface area contributed by atoms with Crippen molar-refractivity contribution in [1.29, 1.82) is 0 Å². The number of nitrogens with one attached hydrogen (secondary N) is 1. The van der Waals surface area contributed by atoms with Gasteiger partial charge in [0.1, 0.15) is 5.00 Å². The van der Waals surface area contributed by atoms with Crippen molar-refractivity contribution >= 4 is 67.3 Å². The third kappa shape index (κ3) is 4.67. The summed E-state index contributed by atoms with van der Waals surface area (Å²) in [6, 6.07) is 3.13. The van der Waals surface area contributed by atoms with E-state index < -0.39 is 11.8 Å². The van der Waals surface area contributed by atoms with Gasteiger partial charge >= 0.3 is 0 Å². The number of benzene rings is 1. The number of rotatable bonds is 6. The van der Waals surface area contributed by atoms with Crippen molar-refractivity contribution < 1.29 is 14.3 Å². The second-order valence-corrected chi connectivity index (χ2v) is 8.02. The van der Waals surface area contributed by atoms with Crippen LogP contribution < -0.4 is 15.8 Å². The lowest BCUT2D eigenvalue weighted by Crippen LogP contribution is -2.22. The van der Waals surface area contributed by atoms with Crippen molar-refractivity contribution in [3.05, 3.63) is 42.7 Å². The molecule has 5 nitrogen and oxygen atoms in total. The Balaban J connectivity index is 2.13. The summed E-state index contributed by atoms with van der Waals surface area (Å²) in [5.41, 5.74) is 6.64. The molecule has 3 N–H and O–H groups in total. The molecule has 2 amide bonds. The van der Waals surface area contributed by atoms with Crippen LogP contribution >= 0.6 is 50.5 Å². The number of primary amides is 1. The molecule has 0 aliphatic carbocycles. The number of hydrogen-bond acceptors (Lipinski definition) is 4. The highest BCUT2D eigenvalue weighted by Gasteiger charge is 2.21. The molecule has 0 saturated carbocycles. The highest BCUT2D eigenvalue weighted by atomic mass is 79.9. The summed E-state index contributed by atoms with van der Waals surface area (Å²) < 4.78 is 6.00. The van der Waals surface area contributed by atoms with Crippen LogP contribution in [0.3, 0.4) is 0 Å². The maximum Gasteiger partial charge on any atom is 0.262 e. The van der Waals surface area contributed by atoms with E-state index in [0.717, 1.165) is 10.4 Å². The minimum Gasteiger partial charge on any atom is -0.481 e. The average Bonchev–Trinajstić information content (AvgIpc) is 2.81. The van der Waals surface area contributed by atoms with Gasteiger partial charge in [0.2, 0.25) is 0 Å². The van der Waals surface area contributed by atoms with Gasteiger partial charge in [0.05, 0.1) is 15.1 Å². The number of anilines is 1. The van der Waals surface area contributed by atoms with E-state index in [9.17, 15) is 9.59 Å². The standard InChI is InChI=1S/C16H15BrCl2N2O3S/c1-3-9-7(2)25-16(13(9)15(20)23)21-12(22)6-24-14-10(17)4-8(18)5-11(14)19/h4-5H,3,6H2,1-2H3,(H2,20,23)(H,21,22). The maximum absolute atomic E-state index is 12.2. The zero-order valence-corrected chi connectivity index (χ0v) is 17.3. The maximum atomic E-state index is 12.2. The molecule has 0 aliphatic heterocycles. The molecule has 0 bridgehead atoms. The Bertz CT molecular complexity index is 816. The number of ether oxygens (including phenoxy) is 1. The summed E-state index contributed by atoms with van der Waals surface area (Å²) in [7, 11) is 0. The summed E-state index contributed by atoms with van der Waals surface area (Å²) in [6.45, 7) is 3.53. The molecule has 1 aromatic carbocycles. The van der Waals surface area contributed by atoms with E-state index in [1.165, 1.54) is 17.4 Å². The van der Waals surface area contributed by atoms with Crippen LogP contribution in [0.4, 0.5) is 5.00 Å². The molecule has 0 fully saturated rings. The Hall–Kier alpha value is -1.28. The van der Waals surface area contributed by atoms with Crippen LogP contribution in [-0.2, 0) is 11.2 Å². The molecule has 9 heteroatoms. The van der Waals surface area contributed by atoms with Crippen molar-refractivity contribution in [2.24, 2.45) is 5.73 Å². The van der Waals surface area contributed by atoms with Crippen LogP contribution in [0.25, 0.3) is 0 Å². The van der Waals surface area contributed by atoms with E-state index in [-0.39, 0.29) is 11.6 Å². The van der Waals surface area contributed by atoms with Gasteiger partial charge in [0.25, 0.3) is 11.8 Å². The summed E-state index contributed by atoms with van der Waals surface area (Å²) >= 11 is 16.5. The highest BCUT2D eigenvalue weighted by Crippen LogP contribution is 2.36. The Labute approximate surface area is 167 Å². The van der Waals surface area contributed by atoms with Crippen LogP contribution in [0.1, 0.15) is 27.7 Å². The summed E-state index contributed by atoms with van der Waals surface area (Å²) in [4.78, 5) is 24.8. The number of nitrogens with two attached hydrogens (primary N) is 1. The third-order valence-electron chi connectivity index (χ3n) is 3.37. The van der Waals surface area contributed by atoms with Crippen molar-refractivity contribution in [3.8, 4) is 5.75 Å². The van der Waals surface area contributed by atoms with E-state index in [1.54, 1.807) is 6.07 Å². The molecule has 1 aromatic heterocycles.